The topological polar surface area (TPSA) is 64.3 Å². The minimum absolute atomic E-state index is 0.191. The minimum atomic E-state index is -0.192. The molecule has 1 heterocycles. The van der Waals surface area contributed by atoms with Gasteiger partial charge >= 0.3 is 0 Å². The Kier molecular flexibility index (Phi) is 5.06. The summed E-state index contributed by atoms with van der Waals surface area (Å²) in [5.41, 5.74) is 1.87. The van der Waals surface area contributed by atoms with Crippen LogP contribution in [0.2, 0.25) is 5.02 Å². The van der Waals surface area contributed by atoms with E-state index in [1.807, 2.05) is 18.2 Å². The third kappa shape index (κ3) is 3.73. The molecule has 1 N–H and O–H groups in total. The monoisotopic (exact) mass is 404 g/mol. The predicted octanol–water partition coefficient (Wildman–Crippen LogP) is 4.92. The van der Waals surface area contributed by atoms with Gasteiger partial charge in [0.1, 0.15) is 17.3 Å². The van der Waals surface area contributed by atoms with Gasteiger partial charge in [0.05, 0.1) is 28.7 Å². The number of para-hydroxylation sites is 1. The molecular weight excluding hydrogens is 388 g/mol. The number of rotatable bonds is 4. The number of hydrogen-bond donors (Lipinski definition) is 1. The van der Waals surface area contributed by atoms with Crippen LogP contribution in [0.1, 0.15) is 11.4 Å². The number of methoxy groups -OCH3 is 1. The molecule has 0 aliphatic heterocycles. The molecule has 0 fully saturated rings. The van der Waals surface area contributed by atoms with Gasteiger partial charge in [0.25, 0.3) is 5.56 Å². The van der Waals surface area contributed by atoms with Gasteiger partial charge in [-0.1, -0.05) is 41.9 Å². The van der Waals surface area contributed by atoms with Crippen LogP contribution in [-0.2, 0) is 0 Å². The van der Waals surface area contributed by atoms with Gasteiger partial charge in [-0.05, 0) is 54.1 Å². The molecule has 0 unspecified atom stereocenters. The molecule has 5 nitrogen and oxygen atoms in total. The van der Waals surface area contributed by atoms with Crippen LogP contribution in [0.25, 0.3) is 28.7 Å². The Hall–Kier alpha value is -3.57. The predicted molar refractivity (Wildman–Crippen MR) is 116 cm³/mol. The summed E-state index contributed by atoms with van der Waals surface area (Å²) in [6, 6.07) is 19.1. The number of halogens is 1. The van der Waals surface area contributed by atoms with Crippen LogP contribution in [0.3, 0.4) is 0 Å². The third-order valence-corrected chi connectivity index (χ3v) is 4.81. The summed E-state index contributed by atoms with van der Waals surface area (Å²) >= 11 is 6.29. The molecule has 0 radical (unpaired) electrons. The van der Waals surface area contributed by atoms with Gasteiger partial charge < -0.3 is 9.84 Å². The van der Waals surface area contributed by atoms with E-state index in [1.54, 1.807) is 60.7 Å². The lowest BCUT2D eigenvalue weighted by molar-refractivity contribution is 0.415. The molecule has 0 atom stereocenters. The summed E-state index contributed by atoms with van der Waals surface area (Å²) in [6.07, 6.45) is 3.59. The van der Waals surface area contributed by atoms with E-state index in [9.17, 15) is 9.90 Å². The van der Waals surface area contributed by atoms with Crippen LogP contribution in [0.5, 0.6) is 11.5 Å². The summed E-state index contributed by atoms with van der Waals surface area (Å²) < 4.78 is 6.73. The molecule has 29 heavy (non-hydrogen) atoms. The number of aromatic nitrogens is 2. The fourth-order valence-electron chi connectivity index (χ4n) is 3.06. The Balaban J connectivity index is 1.92. The van der Waals surface area contributed by atoms with Crippen molar-refractivity contribution in [1.82, 2.24) is 9.55 Å². The first-order valence-electron chi connectivity index (χ1n) is 8.89. The molecule has 0 aliphatic rings. The fraction of sp³-hybridized carbons (Fsp3) is 0.0435. The van der Waals surface area contributed by atoms with Crippen LogP contribution in [0.4, 0.5) is 0 Å². The van der Waals surface area contributed by atoms with Crippen molar-refractivity contribution in [2.75, 3.05) is 7.11 Å². The number of aromatic hydroxyl groups is 1. The third-order valence-electron chi connectivity index (χ3n) is 4.51. The summed E-state index contributed by atoms with van der Waals surface area (Å²) in [5, 5.41) is 10.4. The Labute approximate surface area is 172 Å². The highest BCUT2D eigenvalue weighted by Crippen LogP contribution is 2.27. The number of benzene rings is 3. The van der Waals surface area contributed by atoms with E-state index in [0.717, 1.165) is 5.56 Å². The van der Waals surface area contributed by atoms with Crippen molar-refractivity contribution in [2.45, 2.75) is 0 Å². The summed E-state index contributed by atoms with van der Waals surface area (Å²) in [7, 11) is 1.54. The second kappa shape index (κ2) is 7.81. The highest BCUT2D eigenvalue weighted by atomic mass is 35.5. The molecule has 6 heteroatoms. The fourth-order valence-corrected chi connectivity index (χ4v) is 3.31. The van der Waals surface area contributed by atoms with Gasteiger partial charge in [0.2, 0.25) is 0 Å². The molecule has 0 spiro atoms. The molecule has 0 bridgehead atoms. The molecule has 0 saturated heterocycles. The maximum absolute atomic E-state index is 13.3. The van der Waals surface area contributed by atoms with Crippen molar-refractivity contribution in [2.24, 2.45) is 0 Å². The zero-order valence-corrected chi connectivity index (χ0v) is 16.3. The lowest BCUT2D eigenvalue weighted by atomic mass is 10.2. The Morgan fingerprint density at radius 1 is 1.03 bits per heavy atom. The van der Waals surface area contributed by atoms with Gasteiger partial charge in [0.15, 0.2) is 0 Å². The second-order valence-corrected chi connectivity index (χ2v) is 6.78. The number of hydrogen-bond acceptors (Lipinski definition) is 4. The molecule has 0 aliphatic carbocycles. The smallest absolute Gasteiger partial charge is 0.266 e. The van der Waals surface area contributed by atoms with E-state index in [2.05, 4.69) is 4.98 Å². The van der Waals surface area contributed by atoms with E-state index in [0.29, 0.717) is 33.2 Å². The number of phenolic OH excluding ortho intramolecular Hbond substituents is 1. The molecule has 144 valence electrons. The van der Waals surface area contributed by atoms with Crippen LogP contribution in [-0.4, -0.2) is 21.8 Å². The average Bonchev–Trinajstić information content (AvgIpc) is 2.73. The molecular formula is C23H17ClN2O3. The first-order chi connectivity index (χ1) is 14.1. The number of nitrogens with zero attached hydrogens (tertiary/aromatic N) is 2. The van der Waals surface area contributed by atoms with Crippen LogP contribution in [0.15, 0.2) is 71.5 Å². The van der Waals surface area contributed by atoms with E-state index in [-0.39, 0.29) is 11.3 Å². The first kappa shape index (κ1) is 18.8. The van der Waals surface area contributed by atoms with E-state index < -0.39 is 0 Å². The number of fused-ring (bicyclic) bond motifs is 1. The normalized spacial score (nSPS) is 11.2. The molecule has 0 saturated carbocycles. The van der Waals surface area contributed by atoms with Gasteiger partial charge in [-0.25, -0.2) is 4.98 Å². The molecule has 1 aromatic heterocycles. The molecule has 0 amide bonds. The Morgan fingerprint density at radius 3 is 2.52 bits per heavy atom. The summed E-state index contributed by atoms with van der Waals surface area (Å²) in [5.74, 6) is 1.18. The van der Waals surface area contributed by atoms with Crippen LogP contribution in [0, 0.1) is 0 Å². The lowest BCUT2D eigenvalue weighted by Gasteiger charge is -2.13. The van der Waals surface area contributed by atoms with Crippen molar-refractivity contribution in [3.63, 3.8) is 0 Å². The van der Waals surface area contributed by atoms with Crippen molar-refractivity contribution >= 4 is 34.7 Å². The summed E-state index contributed by atoms with van der Waals surface area (Å²) in [4.78, 5) is 17.9. The molecule has 3 aromatic carbocycles. The second-order valence-electron chi connectivity index (χ2n) is 6.37. The van der Waals surface area contributed by atoms with Gasteiger partial charge in [-0.15, -0.1) is 0 Å². The largest absolute Gasteiger partial charge is 0.508 e. The van der Waals surface area contributed by atoms with E-state index in [4.69, 9.17) is 16.3 Å². The lowest BCUT2D eigenvalue weighted by Crippen LogP contribution is -2.22. The van der Waals surface area contributed by atoms with Gasteiger partial charge in [-0.3, -0.25) is 9.36 Å². The number of phenols is 1. The van der Waals surface area contributed by atoms with Crippen LogP contribution < -0.4 is 10.3 Å². The quantitative estimate of drug-likeness (QED) is 0.524. The van der Waals surface area contributed by atoms with E-state index >= 15 is 0 Å². The van der Waals surface area contributed by atoms with E-state index in [1.165, 1.54) is 11.7 Å². The summed E-state index contributed by atoms with van der Waals surface area (Å²) in [6.45, 7) is 0. The maximum Gasteiger partial charge on any atom is 0.266 e. The van der Waals surface area contributed by atoms with Crippen molar-refractivity contribution in [3.05, 3.63) is 93.5 Å². The molecule has 4 rings (SSSR count). The zero-order chi connectivity index (χ0) is 20.4. The van der Waals surface area contributed by atoms with Crippen LogP contribution >= 0.6 is 11.6 Å². The van der Waals surface area contributed by atoms with Gasteiger partial charge in [-0.2, -0.15) is 0 Å². The maximum atomic E-state index is 13.3. The first-order valence-corrected chi connectivity index (χ1v) is 9.27. The van der Waals surface area contributed by atoms with Gasteiger partial charge in [0, 0.05) is 0 Å². The Morgan fingerprint density at radius 2 is 1.79 bits per heavy atom. The standard InChI is InChI=1S/C23H17ClN2O3/c1-29-21-12-9-16(14-19(21)24)26-22(13-8-15-6-10-17(27)11-7-15)25-20-5-3-2-4-18(20)23(26)28/h2-14,27H,1H3/b13-8+. The SMILES string of the molecule is COc1ccc(-n2c(/C=C/c3ccc(O)cc3)nc3ccccc3c2=O)cc1Cl. The Bertz CT molecular complexity index is 1280. The average molecular weight is 405 g/mol. The highest BCUT2D eigenvalue weighted by Gasteiger charge is 2.12. The van der Waals surface area contributed by atoms with Crippen molar-refractivity contribution < 1.29 is 9.84 Å². The zero-order valence-electron chi connectivity index (χ0n) is 15.5. The number of ether oxygens (including phenoxy) is 1. The van der Waals surface area contributed by atoms with Crippen molar-refractivity contribution in [3.8, 4) is 17.2 Å². The van der Waals surface area contributed by atoms with Crippen molar-refractivity contribution in [1.29, 1.82) is 0 Å². The molecule has 4 aromatic rings. The highest BCUT2D eigenvalue weighted by molar-refractivity contribution is 6.32. The minimum Gasteiger partial charge on any atom is -0.508 e.